The summed E-state index contributed by atoms with van der Waals surface area (Å²) in [4.78, 5) is 38.2. The molecule has 0 aliphatic carbocycles. The fourth-order valence-electron chi connectivity index (χ4n) is 3.18. The van der Waals surface area contributed by atoms with Crippen molar-refractivity contribution in [3.8, 4) is 0 Å². The van der Waals surface area contributed by atoms with Gasteiger partial charge in [-0.25, -0.2) is 8.78 Å². The van der Waals surface area contributed by atoms with E-state index < -0.39 is 35.9 Å². The van der Waals surface area contributed by atoms with Gasteiger partial charge < -0.3 is 9.64 Å². The van der Waals surface area contributed by atoms with Gasteiger partial charge in [0.1, 0.15) is 0 Å². The predicted molar refractivity (Wildman–Crippen MR) is 96.3 cm³/mol. The van der Waals surface area contributed by atoms with E-state index in [2.05, 4.69) is 0 Å². The lowest BCUT2D eigenvalue weighted by Gasteiger charge is -2.25. The molecule has 0 bridgehead atoms. The molecule has 1 amide bonds. The molecule has 2 atom stereocenters. The number of Topliss-reactive ketones (excluding diaryl/α,β-unsaturated/α-hetero) is 1. The second kappa shape index (κ2) is 8.29. The summed E-state index contributed by atoms with van der Waals surface area (Å²) >= 11 is 0. The van der Waals surface area contributed by atoms with Crippen molar-refractivity contribution in [1.29, 1.82) is 0 Å². The molecule has 1 aliphatic heterocycles. The molecule has 2 aromatic carbocycles. The van der Waals surface area contributed by atoms with Gasteiger partial charge in [0.05, 0.1) is 12.0 Å². The average molecular weight is 387 g/mol. The standard InChI is InChI=1S/C21H19F2NO4/c1-13(14-5-3-2-4-6-14)24-11-16(10-20(24)26)21(27)28-12-19(25)15-7-8-17(22)18(23)9-15/h2-9,13,16H,10-12H2,1H3/t13-,16+/m1/s1. The first-order valence-electron chi connectivity index (χ1n) is 8.86. The highest BCUT2D eigenvalue weighted by Gasteiger charge is 2.38. The molecule has 1 saturated heterocycles. The van der Waals surface area contributed by atoms with Crippen LogP contribution in [0.15, 0.2) is 48.5 Å². The van der Waals surface area contributed by atoms with E-state index in [0.29, 0.717) is 0 Å². The summed E-state index contributed by atoms with van der Waals surface area (Å²) in [6, 6.07) is 12.0. The van der Waals surface area contributed by atoms with Crippen LogP contribution in [-0.4, -0.2) is 35.7 Å². The molecule has 28 heavy (non-hydrogen) atoms. The molecule has 0 aromatic heterocycles. The monoisotopic (exact) mass is 387 g/mol. The molecule has 0 spiro atoms. The first kappa shape index (κ1) is 19.7. The molecule has 0 radical (unpaired) electrons. The Bertz CT molecular complexity index is 901. The average Bonchev–Trinajstić information content (AvgIpc) is 3.09. The topological polar surface area (TPSA) is 63.7 Å². The van der Waals surface area contributed by atoms with Crippen molar-refractivity contribution in [2.75, 3.05) is 13.2 Å². The van der Waals surface area contributed by atoms with Crippen molar-refractivity contribution in [3.05, 3.63) is 71.3 Å². The Morgan fingerprint density at radius 1 is 1.14 bits per heavy atom. The minimum atomic E-state index is -1.15. The van der Waals surface area contributed by atoms with Crippen molar-refractivity contribution >= 4 is 17.7 Å². The van der Waals surface area contributed by atoms with Gasteiger partial charge in [0.2, 0.25) is 5.91 Å². The minimum absolute atomic E-state index is 0.00930. The molecule has 1 heterocycles. The van der Waals surface area contributed by atoms with Gasteiger partial charge in [-0.05, 0) is 30.7 Å². The Hall–Kier alpha value is -3.09. The number of benzene rings is 2. The number of carbonyl (C=O) groups excluding carboxylic acids is 3. The third-order valence-corrected chi connectivity index (χ3v) is 4.83. The van der Waals surface area contributed by atoms with E-state index in [1.54, 1.807) is 4.90 Å². The van der Waals surface area contributed by atoms with Gasteiger partial charge in [0, 0.05) is 18.5 Å². The molecule has 0 saturated carbocycles. The van der Waals surface area contributed by atoms with Crippen molar-refractivity contribution in [1.82, 2.24) is 4.90 Å². The summed E-state index contributed by atoms with van der Waals surface area (Å²) in [7, 11) is 0. The number of ketones is 1. The number of ether oxygens (including phenoxy) is 1. The van der Waals surface area contributed by atoms with Crippen molar-refractivity contribution in [2.45, 2.75) is 19.4 Å². The highest BCUT2D eigenvalue weighted by atomic mass is 19.2. The minimum Gasteiger partial charge on any atom is -0.457 e. The van der Waals surface area contributed by atoms with E-state index in [1.165, 1.54) is 0 Å². The molecular formula is C21H19F2NO4. The molecule has 0 N–H and O–H groups in total. The third-order valence-electron chi connectivity index (χ3n) is 4.83. The van der Waals surface area contributed by atoms with Gasteiger partial charge in [-0.2, -0.15) is 0 Å². The summed E-state index contributed by atoms with van der Waals surface area (Å²) in [5, 5.41) is 0. The number of carbonyl (C=O) groups is 3. The van der Waals surface area contributed by atoms with Crippen molar-refractivity contribution in [2.24, 2.45) is 5.92 Å². The van der Waals surface area contributed by atoms with Crippen LogP contribution in [-0.2, 0) is 14.3 Å². The van der Waals surface area contributed by atoms with Crippen LogP contribution in [0.1, 0.15) is 35.3 Å². The molecule has 146 valence electrons. The van der Waals surface area contributed by atoms with Gasteiger partial charge in [-0.3, -0.25) is 14.4 Å². The van der Waals surface area contributed by atoms with E-state index in [1.807, 2.05) is 37.3 Å². The Labute approximate surface area is 160 Å². The normalized spacial score (nSPS) is 17.5. The highest BCUT2D eigenvalue weighted by molar-refractivity contribution is 5.98. The van der Waals surface area contributed by atoms with E-state index in [4.69, 9.17) is 4.74 Å². The van der Waals surface area contributed by atoms with E-state index >= 15 is 0 Å². The van der Waals surface area contributed by atoms with E-state index in [9.17, 15) is 23.2 Å². The van der Waals surface area contributed by atoms with Gasteiger partial charge in [-0.1, -0.05) is 30.3 Å². The second-order valence-electron chi connectivity index (χ2n) is 6.69. The van der Waals surface area contributed by atoms with Crippen LogP contribution in [0.2, 0.25) is 0 Å². The maximum atomic E-state index is 13.2. The fraction of sp³-hybridized carbons (Fsp3) is 0.286. The first-order chi connectivity index (χ1) is 13.4. The lowest BCUT2D eigenvalue weighted by atomic mass is 10.1. The van der Waals surface area contributed by atoms with Crippen molar-refractivity contribution < 1.29 is 27.9 Å². The Balaban J connectivity index is 1.57. The van der Waals surface area contributed by atoms with Gasteiger partial charge >= 0.3 is 5.97 Å². The number of rotatable bonds is 6. The van der Waals surface area contributed by atoms with Gasteiger partial charge in [0.25, 0.3) is 0 Å². The van der Waals surface area contributed by atoms with E-state index in [-0.39, 0.29) is 30.5 Å². The number of hydrogen-bond acceptors (Lipinski definition) is 4. The quantitative estimate of drug-likeness (QED) is 0.564. The molecular weight excluding hydrogens is 368 g/mol. The maximum absolute atomic E-state index is 13.2. The molecule has 1 fully saturated rings. The lowest BCUT2D eigenvalue weighted by molar-refractivity contribution is -0.147. The molecule has 0 unspecified atom stereocenters. The largest absolute Gasteiger partial charge is 0.457 e. The molecule has 7 heteroatoms. The Morgan fingerprint density at radius 2 is 1.86 bits per heavy atom. The molecule has 2 aromatic rings. The highest BCUT2D eigenvalue weighted by Crippen LogP contribution is 2.29. The predicted octanol–water partition coefficient (Wildman–Crippen LogP) is 3.30. The van der Waals surface area contributed by atoms with Crippen LogP contribution in [0.25, 0.3) is 0 Å². The molecule has 5 nitrogen and oxygen atoms in total. The summed E-state index contributed by atoms with van der Waals surface area (Å²) in [5.74, 6) is -4.35. The zero-order valence-electron chi connectivity index (χ0n) is 15.2. The first-order valence-corrected chi connectivity index (χ1v) is 8.86. The van der Waals surface area contributed by atoms with Crippen LogP contribution in [0.3, 0.4) is 0 Å². The summed E-state index contributed by atoms with van der Waals surface area (Å²) in [6.45, 7) is 1.49. The van der Waals surface area contributed by atoms with Gasteiger partial charge in [-0.15, -0.1) is 0 Å². The molecule has 3 rings (SSSR count). The summed E-state index contributed by atoms with van der Waals surface area (Å²) < 4.78 is 31.2. The number of nitrogens with zero attached hydrogens (tertiary/aromatic N) is 1. The Morgan fingerprint density at radius 3 is 2.54 bits per heavy atom. The fourth-order valence-corrected chi connectivity index (χ4v) is 3.18. The lowest BCUT2D eigenvalue weighted by Crippen LogP contribution is -2.30. The van der Waals surface area contributed by atoms with Crippen LogP contribution in [0.5, 0.6) is 0 Å². The van der Waals surface area contributed by atoms with Crippen molar-refractivity contribution in [3.63, 3.8) is 0 Å². The second-order valence-corrected chi connectivity index (χ2v) is 6.69. The Kier molecular flexibility index (Phi) is 5.82. The number of halogens is 2. The smallest absolute Gasteiger partial charge is 0.311 e. The van der Waals surface area contributed by atoms with Gasteiger partial charge in [0.15, 0.2) is 24.0 Å². The zero-order valence-corrected chi connectivity index (χ0v) is 15.2. The van der Waals surface area contributed by atoms with Crippen LogP contribution < -0.4 is 0 Å². The van der Waals surface area contributed by atoms with E-state index in [0.717, 1.165) is 23.8 Å². The zero-order chi connectivity index (χ0) is 20.3. The number of hydrogen-bond donors (Lipinski definition) is 0. The molecule has 1 aliphatic rings. The third kappa shape index (κ3) is 4.24. The van der Waals surface area contributed by atoms with Crippen LogP contribution in [0.4, 0.5) is 8.78 Å². The number of amides is 1. The maximum Gasteiger partial charge on any atom is 0.311 e. The summed E-state index contributed by atoms with van der Waals surface area (Å²) in [6.07, 6.45) is 0.00930. The number of esters is 1. The summed E-state index contributed by atoms with van der Waals surface area (Å²) in [5.41, 5.74) is 0.868. The number of likely N-dealkylation sites (tertiary alicyclic amines) is 1. The van der Waals surface area contributed by atoms with Crippen LogP contribution >= 0.6 is 0 Å². The SMILES string of the molecule is C[C@H](c1ccccc1)N1C[C@@H](C(=O)OCC(=O)c2ccc(F)c(F)c2)CC1=O. The van der Waals surface area contributed by atoms with Crippen LogP contribution in [0, 0.1) is 17.6 Å².